The van der Waals surface area contributed by atoms with Crippen molar-refractivity contribution in [3.05, 3.63) is 88.9 Å². The van der Waals surface area contributed by atoms with Crippen LogP contribution in [-0.2, 0) is 21.0 Å². The predicted octanol–water partition coefficient (Wildman–Crippen LogP) is 4.32. The number of carbonyl (C=O) groups is 1. The van der Waals surface area contributed by atoms with E-state index in [-0.39, 0.29) is 48.3 Å². The first kappa shape index (κ1) is 27.9. The van der Waals surface area contributed by atoms with Gasteiger partial charge in [0.2, 0.25) is 0 Å². The number of aromatic nitrogens is 3. The number of nitrogens with one attached hydrogen (secondary N) is 1. The van der Waals surface area contributed by atoms with Gasteiger partial charge in [0, 0.05) is 43.9 Å². The van der Waals surface area contributed by atoms with Crippen molar-refractivity contribution < 1.29 is 26.2 Å². The van der Waals surface area contributed by atoms with Crippen molar-refractivity contribution in [3.8, 4) is 0 Å². The summed E-state index contributed by atoms with van der Waals surface area (Å²) in [5, 5.41) is 3.00. The van der Waals surface area contributed by atoms with E-state index in [0.717, 1.165) is 16.1 Å². The molecule has 3 atom stereocenters. The summed E-state index contributed by atoms with van der Waals surface area (Å²) in [7, 11) is -2.68. The molecule has 38 heavy (non-hydrogen) atoms. The first-order valence-corrected chi connectivity index (χ1v) is 13.8. The van der Waals surface area contributed by atoms with Crippen LogP contribution in [0.25, 0.3) is 0 Å². The zero-order valence-electron chi connectivity index (χ0n) is 20.4. The average molecular weight is 610 g/mol. The van der Waals surface area contributed by atoms with Crippen LogP contribution >= 0.6 is 15.9 Å². The molecule has 3 unspecified atom stereocenters. The lowest BCUT2D eigenvalue weighted by Gasteiger charge is -2.18. The third-order valence-corrected chi connectivity index (χ3v) is 8.18. The van der Waals surface area contributed by atoms with Crippen LogP contribution < -0.4 is 5.32 Å². The van der Waals surface area contributed by atoms with Crippen molar-refractivity contribution in [1.29, 1.82) is 0 Å². The molecule has 0 saturated heterocycles. The summed E-state index contributed by atoms with van der Waals surface area (Å²) in [5.74, 6) is -0.868. The van der Waals surface area contributed by atoms with Gasteiger partial charge in [0.1, 0.15) is 24.1 Å². The maximum absolute atomic E-state index is 14.8. The van der Waals surface area contributed by atoms with Gasteiger partial charge in [-0.05, 0) is 58.5 Å². The number of halogens is 3. The Kier molecular flexibility index (Phi) is 8.58. The summed E-state index contributed by atoms with van der Waals surface area (Å²) in [6.45, 7) is 3.64. The molecule has 1 aromatic carbocycles. The number of benzene rings is 1. The molecule has 0 aliphatic heterocycles. The molecule has 1 fully saturated rings. The van der Waals surface area contributed by atoms with Crippen LogP contribution in [0.3, 0.4) is 0 Å². The van der Waals surface area contributed by atoms with Gasteiger partial charge >= 0.3 is 10.3 Å². The molecule has 2 aromatic heterocycles. The lowest BCUT2D eigenvalue weighted by Crippen LogP contribution is -2.27. The minimum absolute atomic E-state index is 0.0989. The Hall–Kier alpha value is -3.16. The largest absolute Gasteiger partial charge is 0.364 e. The molecular formula is C25H26BrF2N5O4S. The highest BCUT2D eigenvalue weighted by atomic mass is 79.9. The normalized spacial score (nSPS) is 19.3. The van der Waals surface area contributed by atoms with Gasteiger partial charge in [-0.15, -0.1) is 0 Å². The van der Waals surface area contributed by atoms with Crippen molar-refractivity contribution in [2.24, 2.45) is 5.92 Å². The summed E-state index contributed by atoms with van der Waals surface area (Å²) < 4.78 is 60.4. The number of hydrogen-bond acceptors (Lipinski definition) is 7. The fourth-order valence-corrected chi connectivity index (χ4v) is 5.33. The van der Waals surface area contributed by atoms with Crippen LogP contribution in [0.4, 0.5) is 14.6 Å². The zero-order chi connectivity index (χ0) is 27.4. The van der Waals surface area contributed by atoms with E-state index in [9.17, 15) is 22.0 Å². The maximum atomic E-state index is 14.8. The van der Waals surface area contributed by atoms with Crippen molar-refractivity contribution >= 4 is 37.8 Å². The molecule has 1 aliphatic rings. The summed E-state index contributed by atoms with van der Waals surface area (Å²) in [5.41, 5.74) is 1.41. The second kappa shape index (κ2) is 11.7. The molecule has 9 nitrogen and oxygen atoms in total. The van der Waals surface area contributed by atoms with Crippen LogP contribution in [0, 0.1) is 11.7 Å². The number of rotatable bonds is 11. The van der Waals surface area contributed by atoms with Gasteiger partial charge in [0.05, 0.1) is 22.7 Å². The third kappa shape index (κ3) is 6.45. The first-order chi connectivity index (χ1) is 18.1. The second-order valence-corrected chi connectivity index (χ2v) is 11.5. The van der Waals surface area contributed by atoms with E-state index in [1.165, 1.54) is 25.6 Å². The molecule has 0 amide bonds. The highest BCUT2D eigenvalue weighted by Crippen LogP contribution is 2.32. The van der Waals surface area contributed by atoms with Gasteiger partial charge in [-0.3, -0.25) is 13.3 Å². The Labute approximate surface area is 227 Å². The number of nitrogens with zero attached hydrogens (tertiary/aromatic N) is 4. The third-order valence-electron chi connectivity index (χ3n) is 6.29. The van der Waals surface area contributed by atoms with E-state index in [1.807, 2.05) is 0 Å². The summed E-state index contributed by atoms with van der Waals surface area (Å²) in [6.07, 6.45) is 6.23. The predicted molar refractivity (Wildman–Crippen MR) is 141 cm³/mol. The number of carbonyl (C=O) groups excluding carboxylic acids is 1. The van der Waals surface area contributed by atoms with E-state index in [0.29, 0.717) is 16.6 Å². The Bertz CT molecular complexity index is 1430. The van der Waals surface area contributed by atoms with Crippen molar-refractivity contribution in [2.45, 2.75) is 31.6 Å². The lowest BCUT2D eigenvalue weighted by atomic mass is 10.1. The molecule has 1 saturated carbocycles. The highest BCUT2D eigenvalue weighted by Gasteiger charge is 2.36. The fourth-order valence-electron chi connectivity index (χ4n) is 4.19. The topological polar surface area (TPSA) is 106 Å². The molecule has 1 N–H and O–H groups in total. The molecular weight excluding hydrogens is 584 g/mol. The zero-order valence-corrected chi connectivity index (χ0v) is 22.8. The van der Waals surface area contributed by atoms with Gasteiger partial charge in [-0.1, -0.05) is 12.6 Å². The quantitative estimate of drug-likeness (QED) is 0.323. The Morgan fingerprint density at radius 1 is 1.37 bits per heavy atom. The van der Waals surface area contributed by atoms with Crippen LogP contribution in [0.15, 0.2) is 66.4 Å². The molecule has 1 aliphatic carbocycles. The minimum atomic E-state index is -3.98. The van der Waals surface area contributed by atoms with E-state index in [2.05, 4.69) is 37.8 Å². The summed E-state index contributed by atoms with van der Waals surface area (Å²) in [6, 6.07) is 5.66. The standard InChI is InChI=1S/C25H26BrF2N5O4S/c1-3-32(2)38(35,36)37-14-17-9-22(28)23(10-17)31-25-19(11-29-15-30-25)24(34)18-6-7-33(13-18)12-16-4-5-21(27)20(26)8-16/h3-8,11,13,15,17,22-23H,1,9-10,12,14H2,2H3,(H,29,30,31). The summed E-state index contributed by atoms with van der Waals surface area (Å²) >= 11 is 3.17. The Balaban J connectivity index is 1.42. The molecule has 4 rings (SSSR count). The molecule has 0 bridgehead atoms. The van der Waals surface area contributed by atoms with Gasteiger partial charge in [-0.25, -0.2) is 18.7 Å². The van der Waals surface area contributed by atoms with E-state index in [1.54, 1.807) is 35.2 Å². The fraction of sp³-hybridized carbons (Fsp3) is 0.320. The molecule has 0 spiro atoms. The maximum Gasteiger partial charge on any atom is 0.361 e. The molecule has 202 valence electrons. The van der Waals surface area contributed by atoms with Crippen LogP contribution in [0.2, 0.25) is 0 Å². The molecule has 13 heteroatoms. The van der Waals surface area contributed by atoms with Gasteiger partial charge in [-0.2, -0.15) is 8.42 Å². The van der Waals surface area contributed by atoms with E-state index in [4.69, 9.17) is 4.18 Å². The number of hydrogen-bond donors (Lipinski definition) is 1. The van der Waals surface area contributed by atoms with E-state index >= 15 is 0 Å². The van der Waals surface area contributed by atoms with Gasteiger partial charge in [0.25, 0.3) is 0 Å². The SMILES string of the molecule is C=CN(C)S(=O)(=O)OCC1CC(F)C(Nc2ncncc2C(=O)c2ccn(Cc3ccc(F)c(Br)c3)c2)C1. The number of ketones is 1. The monoisotopic (exact) mass is 609 g/mol. The molecule has 2 heterocycles. The number of anilines is 1. The number of alkyl halides is 1. The second-order valence-electron chi connectivity index (χ2n) is 8.98. The Morgan fingerprint density at radius 3 is 2.89 bits per heavy atom. The minimum Gasteiger partial charge on any atom is -0.364 e. The van der Waals surface area contributed by atoms with Crippen LogP contribution in [0.1, 0.15) is 34.3 Å². The Morgan fingerprint density at radius 2 is 2.16 bits per heavy atom. The summed E-state index contributed by atoms with van der Waals surface area (Å²) in [4.78, 5) is 21.4. The lowest BCUT2D eigenvalue weighted by molar-refractivity contribution is 0.103. The molecule has 3 aromatic rings. The average Bonchev–Trinajstić information content (AvgIpc) is 3.50. The van der Waals surface area contributed by atoms with Crippen molar-refractivity contribution in [3.63, 3.8) is 0 Å². The van der Waals surface area contributed by atoms with Crippen molar-refractivity contribution in [1.82, 2.24) is 18.8 Å². The smallest absolute Gasteiger partial charge is 0.361 e. The highest BCUT2D eigenvalue weighted by molar-refractivity contribution is 9.10. The first-order valence-electron chi connectivity index (χ1n) is 11.7. The van der Waals surface area contributed by atoms with Crippen LogP contribution in [-0.4, -0.2) is 58.9 Å². The van der Waals surface area contributed by atoms with Crippen molar-refractivity contribution in [2.75, 3.05) is 19.0 Å². The van der Waals surface area contributed by atoms with Crippen LogP contribution in [0.5, 0.6) is 0 Å². The van der Waals surface area contributed by atoms with E-state index < -0.39 is 22.5 Å². The van der Waals surface area contributed by atoms with Gasteiger partial charge in [0.15, 0.2) is 5.78 Å². The molecule has 0 radical (unpaired) electrons. The van der Waals surface area contributed by atoms with Gasteiger partial charge < -0.3 is 9.88 Å².